The quantitative estimate of drug-likeness (QED) is 0.366. The fourth-order valence-corrected chi connectivity index (χ4v) is 4.55. The Balaban J connectivity index is 1.36. The highest BCUT2D eigenvalue weighted by molar-refractivity contribution is 7.71. The number of imidazole rings is 1. The normalized spacial score (nSPS) is 15.3. The van der Waals surface area contributed by atoms with E-state index in [1.54, 1.807) is 11.0 Å². The number of nitrogens with zero attached hydrogens (tertiary/aromatic N) is 8. The van der Waals surface area contributed by atoms with Crippen LogP contribution in [0.25, 0.3) is 22.1 Å². The van der Waals surface area contributed by atoms with Crippen molar-refractivity contribution in [2.45, 2.75) is 13.2 Å². The second-order valence-corrected chi connectivity index (χ2v) is 7.91. The second kappa shape index (κ2) is 7.66. The average Bonchev–Trinajstić information content (AvgIpc) is 3.28. The number of hydrogen-bond acceptors (Lipinski definition) is 6. The summed E-state index contributed by atoms with van der Waals surface area (Å²) >= 11 is 5.80. The molecule has 4 aromatic rings. The lowest BCUT2D eigenvalue weighted by molar-refractivity contribution is 0.207. The summed E-state index contributed by atoms with van der Waals surface area (Å²) in [5.41, 5.74) is 3.18. The van der Waals surface area contributed by atoms with Crippen molar-refractivity contribution in [2.24, 2.45) is 7.05 Å². The topological polar surface area (TPSA) is 59.9 Å². The fraction of sp³-hybridized carbons (Fsp3) is 0.333. The molecule has 0 bridgehead atoms. The zero-order valence-corrected chi connectivity index (χ0v) is 17.8. The molecule has 154 valence electrons. The van der Waals surface area contributed by atoms with E-state index in [0.717, 1.165) is 66.5 Å². The fourth-order valence-electron chi connectivity index (χ4n) is 4.22. The van der Waals surface area contributed by atoms with Crippen molar-refractivity contribution in [3.8, 4) is 0 Å². The Hall–Kier alpha value is -3.04. The first-order valence-electron chi connectivity index (χ1n) is 10.1. The van der Waals surface area contributed by atoms with Gasteiger partial charge in [0.1, 0.15) is 12.1 Å². The van der Waals surface area contributed by atoms with Crippen LogP contribution in [0, 0.1) is 4.77 Å². The maximum Gasteiger partial charge on any atom is 0.182 e. The van der Waals surface area contributed by atoms with Crippen molar-refractivity contribution >= 4 is 40.1 Å². The summed E-state index contributed by atoms with van der Waals surface area (Å²) in [5.74, 6) is 0.965. The Labute approximate surface area is 179 Å². The number of aromatic nitrogens is 6. The number of allylic oxidation sites excluding steroid dienone is 1. The smallest absolute Gasteiger partial charge is 0.182 e. The molecule has 0 unspecified atom stereocenters. The maximum absolute atomic E-state index is 5.80. The van der Waals surface area contributed by atoms with Crippen LogP contribution in [0.2, 0.25) is 0 Å². The van der Waals surface area contributed by atoms with Crippen molar-refractivity contribution in [1.29, 1.82) is 0 Å². The highest BCUT2D eigenvalue weighted by Crippen LogP contribution is 2.24. The van der Waals surface area contributed by atoms with Gasteiger partial charge in [0.05, 0.1) is 29.3 Å². The Morgan fingerprint density at radius 2 is 1.80 bits per heavy atom. The van der Waals surface area contributed by atoms with Crippen molar-refractivity contribution in [3.63, 3.8) is 0 Å². The molecule has 1 aromatic carbocycles. The number of aryl methyl sites for hydroxylation is 1. The molecule has 4 heterocycles. The zero-order chi connectivity index (χ0) is 20.7. The summed E-state index contributed by atoms with van der Waals surface area (Å²) in [6.45, 7) is 9.06. The molecular formula is C21H24N8S. The van der Waals surface area contributed by atoms with Gasteiger partial charge in [0, 0.05) is 39.8 Å². The SMILES string of the molecule is C=CCn1c(=S)n(CN2CCN(c3ncnc4c3cnn4C)CC2)c2ccccc21. The molecule has 0 saturated carbocycles. The summed E-state index contributed by atoms with van der Waals surface area (Å²) in [6.07, 6.45) is 5.37. The summed E-state index contributed by atoms with van der Waals surface area (Å²) < 4.78 is 7.01. The molecule has 9 heteroatoms. The van der Waals surface area contributed by atoms with Gasteiger partial charge >= 0.3 is 0 Å². The molecule has 0 N–H and O–H groups in total. The Morgan fingerprint density at radius 3 is 2.53 bits per heavy atom. The Kier molecular flexibility index (Phi) is 4.84. The standard InChI is InChI=1S/C21H24N8S/c1-3-8-28-17-6-4-5-7-18(17)29(21(28)30)15-26-9-11-27(12-10-26)20-16-13-24-25(2)19(16)22-14-23-20/h3-7,13-14H,1,8-12,15H2,2H3. The predicted molar refractivity (Wildman–Crippen MR) is 121 cm³/mol. The first kappa shape index (κ1) is 19.0. The van der Waals surface area contributed by atoms with E-state index in [0.29, 0.717) is 0 Å². The van der Waals surface area contributed by atoms with Gasteiger partial charge in [-0.1, -0.05) is 18.2 Å². The molecule has 0 amide bonds. The van der Waals surface area contributed by atoms with Crippen molar-refractivity contribution in [2.75, 3.05) is 31.1 Å². The van der Waals surface area contributed by atoms with Crippen LogP contribution in [-0.2, 0) is 20.3 Å². The van der Waals surface area contributed by atoms with Gasteiger partial charge < -0.3 is 14.0 Å². The molecular weight excluding hydrogens is 396 g/mol. The Bertz CT molecular complexity index is 1280. The van der Waals surface area contributed by atoms with Gasteiger partial charge in [-0.05, 0) is 24.4 Å². The van der Waals surface area contributed by atoms with Gasteiger partial charge in [-0.3, -0.25) is 9.58 Å². The van der Waals surface area contributed by atoms with Crippen LogP contribution in [-0.4, -0.2) is 60.0 Å². The third kappa shape index (κ3) is 3.10. The lowest BCUT2D eigenvalue weighted by atomic mass is 10.3. The number of para-hydroxylation sites is 2. The minimum Gasteiger partial charge on any atom is -0.353 e. The lowest BCUT2D eigenvalue weighted by Crippen LogP contribution is -2.47. The summed E-state index contributed by atoms with van der Waals surface area (Å²) in [6, 6.07) is 8.39. The van der Waals surface area contributed by atoms with Crippen LogP contribution in [0.15, 0.2) is 49.4 Å². The molecule has 0 aliphatic carbocycles. The third-order valence-corrected chi connectivity index (χ3v) is 6.20. The molecule has 30 heavy (non-hydrogen) atoms. The third-order valence-electron chi connectivity index (χ3n) is 5.76. The van der Waals surface area contributed by atoms with Gasteiger partial charge in [0.15, 0.2) is 10.4 Å². The van der Waals surface area contributed by atoms with Crippen LogP contribution in [0.1, 0.15) is 0 Å². The number of rotatable bonds is 5. The Morgan fingerprint density at radius 1 is 1.07 bits per heavy atom. The number of piperazine rings is 1. The van der Waals surface area contributed by atoms with Crippen LogP contribution in [0.4, 0.5) is 5.82 Å². The van der Waals surface area contributed by atoms with E-state index in [9.17, 15) is 0 Å². The average molecular weight is 421 g/mol. The van der Waals surface area contributed by atoms with E-state index >= 15 is 0 Å². The number of hydrogen-bond donors (Lipinski definition) is 0. The first-order chi connectivity index (χ1) is 14.7. The van der Waals surface area contributed by atoms with E-state index in [1.165, 1.54) is 5.52 Å². The number of fused-ring (bicyclic) bond motifs is 2. The molecule has 0 radical (unpaired) electrons. The van der Waals surface area contributed by atoms with Crippen LogP contribution in [0.5, 0.6) is 0 Å². The van der Waals surface area contributed by atoms with E-state index in [2.05, 4.69) is 64.8 Å². The second-order valence-electron chi connectivity index (χ2n) is 7.55. The van der Waals surface area contributed by atoms with Gasteiger partial charge in [0.25, 0.3) is 0 Å². The van der Waals surface area contributed by atoms with E-state index in [-0.39, 0.29) is 0 Å². The van der Waals surface area contributed by atoms with E-state index in [1.807, 2.05) is 19.3 Å². The van der Waals surface area contributed by atoms with Crippen LogP contribution >= 0.6 is 12.2 Å². The summed E-state index contributed by atoms with van der Waals surface area (Å²) in [4.78, 5) is 13.7. The molecule has 1 fully saturated rings. The number of benzene rings is 1. The zero-order valence-electron chi connectivity index (χ0n) is 17.0. The number of anilines is 1. The van der Waals surface area contributed by atoms with Gasteiger partial charge in [-0.2, -0.15) is 5.10 Å². The molecule has 1 aliphatic heterocycles. The van der Waals surface area contributed by atoms with Crippen molar-refractivity contribution < 1.29 is 0 Å². The van der Waals surface area contributed by atoms with Gasteiger partial charge in [-0.15, -0.1) is 6.58 Å². The molecule has 3 aromatic heterocycles. The van der Waals surface area contributed by atoms with E-state index < -0.39 is 0 Å². The minimum absolute atomic E-state index is 0.717. The van der Waals surface area contributed by atoms with Crippen molar-refractivity contribution in [3.05, 3.63) is 54.2 Å². The summed E-state index contributed by atoms with van der Waals surface area (Å²) in [7, 11) is 1.91. The summed E-state index contributed by atoms with van der Waals surface area (Å²) in [5, 5.41) is 5.33. The van der Waals surface area contributed by atoms with Gasteiger partial charge in [0.2, 0.25) is 0 Å². The monoisotopic (exact) mass is 420 g/mol. The predicted octanol–water partition coefficient (Wildman–Crippen LogP) is 2.81. The lowest BCUT2D eigenvalue weighted by Gasteiger charge is -2.35. The highest BCUT2D eigenvalue weighted by Gasteiger charge is 2.22. The molecule has 5 rings (SSSR count). The minimum atomic E-state index is 0.717. The first-order valence-corrected chi connectivity index (χ1v) is 10.5. The molecule has 1 aliphatic rings. The van der Waals surface area contributed by atoms with Crippen LogP contribution in [0.3, 0.4) is 0 Å². The molecule has 0 spiro atoms. The largest absolute Gasteiger partial charge is 0.353 e. The highest BCUT2D eigenvalue weighted by atomic mass is 32.1. The van der Waals surface area contributed by atoms with Gasteiger partial charge in [-0.25, -0.2) is 9.97 Å². The van der Waals surface area contributed by atoms with Crippen molar-refractivity contribution in [1.82, 2.24) is 33.8 Å². The van der Waals surface area contributed by atoms with Crippen LogP contribution < -0.4 is 4.90 Å². The molecule has 8 nitrogen and oxygen atoms in total. The molecule has 0 atom stereocenters. The van der Waals surface area contributed by atoms with E-state index in [4.69, 9.17) is 12.2 Å². The molecule has 1 saturated heterocycles. The maximum atomic E-state index is 5.80.